The number of hydrogen-bond donors (Lipinski definition) is 4. The molecule has 0 saturated carbocycles. The zero-order valence-corrected chi connectivity index (χ0v) is 13.7. The Kier molecular flexibility index (Phi) is 4.61. The average Bonchev–Trinajstić information content (AvgIpc) is 3.12. The van der Waals surface area contributed by atoms with Crippen LogP contribution in [0.15, 0.2) is 28.2 Å². The zero-order valence-electron chi connectivity index (χ0n) is 13.7. The summed E-state index contributed by atoms with van der Waals surface area (Å²) in [4.78, 5) is 15.4. The summed E-state index contributed by atoms with van der Waals surface area (Å²) in [6.07, 6.45) is 4.12. The fourth-order valence-corrected chi connectivity index (χ4v) is 2.65. The number of aliphatic hydroxyl groups excluding tert-OH is 1. The molecule has 1 aromatic heterocycles. The lowest BCUT2D eigenvalue weighted by Gasteiger charge is -2.17. The zero-order chi connectivity index (χ0) is 17.1. The predicted octanol–water partition coefficient (Wildman–Crippen LogP) is 1.06. The molecule has 0 unspecified atom stereocenters. The van der Waals surface area contributed by atoms with Crippen LogP contribution in [0.2, 0.25) is 0 Å². The minimum atomic E-state index is -0.112. The van der Waals surface area contributed by atoms with Gasteiger partial charge in [0, 0.05) is 0 Å². The SMILES string of the molecule is CC(C)C[C@H](CO)Nc1nc(O)c(/C=c2\ccc3c(c2)N=CN=3)[nH]1. The van der Waals surface area contributed by atoms with Gasteiger partial charge in [-0.05, 0) is 35.8 Å². The molecular formula is C17H21N5O2. The number of aromatic hydroxyl groups is 1. The highest BCUT2D eigenvalue weighted by Gasteiger charge is 2.13. The molecule has 0 fully saturated rings. The molecule has 1 aromatic carbocycles. The minimum Gasteiger partial charge on any atom is -0.492 e. The quantitative estimate of drug-likeness (QED) is 0.636. The molecular weight excluding hydrogens is 306 g/mol. The third-order valence-corrected chi connectivity index (χ3v) is 3.73. The highest BCUT2D eigenvalue weighted by atomic mass is 16.3. The van der Waals surface area contributed by atoms with Gasteiger partial charge in [0.25, 0.3) is 0 Å². The lowest BCUT2D eigenvalue weighted by molar-refractivity contribution is 0.259. The fraction of sp³-hybridized carbons (Fsp3) is 0.353. The number of imidazole rings is 1. The molecule has 1 aliphatic rings. The first-order chi connectivity index (χ1) is 11.5. The summed E-state index contributed by atoms with van der Waals surface area (Å²) in [7, 11) is 0. The van der Waals surface area contributed by atoms with Crippen LogP contribution >= 0.6 is 0 Å². The number of aliphatic imine (C=N–C) groups is 1. The van der Waals surface area contributed by atoms with E-state index in [2.05, 4.69) is 39.1 Å². The van der Waals surface area contributed by atoms with Gasteiger partial charge >= 0.3 is 0 Å². The maximum atomic E-state index is 10.0. The third kappa shape index (κ3) is 3.62. The molecule has 2 aromatic rings. The van der Waals surface area contributed by atoms with Crippen molar-refractivity contribution in [1.82, 2.24) is 9.97 Å². The molecule has 7 nitrogen and oxygen atoms in total. The highest BCUT2D eigenvalue weighted by molar-refractivity contribution is 5.67. The molecule has 0 saturated heterocycles. The molecule has 2 heterocycles. The maximum absolute atomic E-state index is 10.0. The van der Waals surface area contributed by atoms with Crippen molar-refractivity contribution in [3.05, 3.63) is 34.5 Å². The second kappa shape index (κ2) is 6.84. The van der Waals surface area contributed by atoms with Crippen molar-refractivity contribution in [3.63, 3.8) is 0 Å². The van der Waals surface area contributed by atoms with Crippen LogP contribution in [0.3, 0.4) is 0 Å². The molecule has 0 amide bonds. The molecule has 0 radical (unpaired) electrons. The van der Waals surface area contributed by atoms with Crippen molar-refractivity contribution in [1.29, 1.82) is 0 Å². The highest BCUT2D eigenvalue weighted by Crippen LogP contribution is 2.19. The van der Waals surface area contributed by atoms with Crippen molar-refractivity contribution >= 4 is 24.1 Å². The van der Waals surface area contributed by atoms with Gasteiger partial charge in [-0.3, -0.25) is 0 Å². The number of aromatic nitrogens is 2. The number of aliphatic hydroxyl groups is 1. The number of hydrogen-bond acceptors (Lipinski definition) is 6. The topological polar surface area (TPSA) is 106 Å². The number of anilines is 1. The molecule has 7 heteroatoms. The van der Waals surface area contributed by atoms with E-state index in [9.17, 15) is 10.2 Å². The van der Waals surface area contributed by atoms with Crippen LogP contribution in [-0.4, -0.2) is 39.2 Å². The summed E-state index contributed by atoms with van der Waals surface area (Å²) in [5.41, 5.74) is 1.30. The van der Waals surface area contributed by atoms with E-state index in [1.54, 1.807) is 6.08 Å². The smallest absolute Gasteiger partial charge is 0.238 e. The Hall–Kier alpha value is -2.67. The number of benzene rings is 1. The van der Waals surface area contributed by atoms with Crippen LogP contribution in [0.4, 0.5) is 11.6 Å². The summed E-state index contributed by atoms with van der Waals surface area (Å²) < 4.78 is 0. The van der Waals surface area contributed by atoms with Gasteiger partial charge in [-0.2, -0.15) is 4.98 Å². The molecule has 0 aliphatic carbocycles. The Morgan fingerprint density at radius 3 is 2.92 bits per heavy atom. The maximum Gasteiger partial charge on any atom is 0.238 e. The average molecular weight is 327 g/mol. The van der Waals surface area contributed by atoms with Crippen molar-refractivity contribution in [3.8, 4) is 5.88 Å². The first-order valence-electron chi connectivity index (χ1n) is 7.93. The number of fused-ring (bicyclic) bond motifs is 1. The van der Waals surface area contributed by atoms with Gasteiger partial charge in [0.2, 0.25) is 11.8 Å². The van der Waals surface area contributed by atoms with Gasteiger partial charge in [-0.25, -0.2) is 9.98 Å². The number of H-pyrrole nitrogens is 1. The summed E-state index contributed by atoms with van der Waals surface area (Å²) in [5.74, 6) is 0.793. The third-order valence-electron chi connectivity index (χ3n) is 3.73. The van der Waals surface area contributed by atoms with Crippen LogP contribution in [-0.2, 0) is 0 Å². The van der Waals surface area contributed by atoms with E-state index in [0.29, 0.717) is 17.6 Å². The van der Waals surface area contributed by atoms with Crippen LogP contribution in [0.1, 0.15) is 26.0 Å². The van der Waals surface area contributed by atoms with Gasteiger partial charge in [0.05, 0.1) is 23.7 Å². The standard InChI is InChI=1S/C17H21N5O2/c1-10(2)5-12(8-23)20-17-21-15(16(24)22-17)7-11-3-4-13-14(6-11)19-9-18-13/h3-4,6-7,9-10,12,23-24H,5,8H2,1-2H3,(H2,20,21,22)/b11-7+/t12-/m1/s1. The Morgan fingerprint density at radius 2 is 2.17 bits per heavy atom. The van der Waals surface area contributed by atoms with E-state index in [0.717, 1.165) is 22.7 Å². The van der Waals surface area contributed by atoms with Gasteiger partial charge in [-0.15, -0.1) is 0 Å². The second-order valence-electron chi connectivity index (χ2n) is 6.24. The van der Waals surface area contributed by atoms with Crippen molar-refractivity contribution in [2.75, 3.05) is 11.9 Å². The number of aromatic amines is 1. The Balaban J connectivity index is 1.83. The van der Waals surface area contributed by atoms with Gasteiger partial charge in [0.1, 0.15) is 12.0 Å². The normalized spacial score (nSPS) is 14.8. The van der Waals surface area contributed by atoms with Crippen molar-refractivity contribution in [2.45, 2.75) is 26.3 Å². The Bertz CT molecular complexity index is 870. The lowest BCUT2D eigenvalue weighted by Crippen LogP contribution is -2.26. The summed E-state index contributed by atoms with van der Waals surface area (Å²) in [6, 6.07) is 5.56. The number of nitrogens with zero attached hydrogens (tertiary/aromatic N) is 3. The van der Waals surface area contributed by atoms with E-state index in [-0.39, 0.29) is 18.5 Å². The summed E-state index contributed by atoms with van der Waals surface area (Å²) >= 11 is 0. The first-order valence-corrected chi connectivity index (χ1v) is 7.93. The minimum absolute atomic E-state index is 0.00498. The number of nitrogens with one attached hydrogen (secondary N) is 2. The van der Waals surface area contributed by atoms with Crippen LogP contribution < -0.4 is 15.9 Å². The van der Waals surface area contributed by atoms with Crippen LogP contribution in [0, 0.1) is 5.92 Å². The Morgan fingerprint density at radius 1 is 1.33 bits per heavy atom. The Labute approximate surface area is 139 Å². The van der Waals surface area contributed by atoms with E-state index < -0.39 is 0 Å². The molecule has 3 rings (SSSR count). The van der Waals surface area contributed by atoms with E-state index in [4.69, 9.17) is 0 Å². The molecule has 24 heavy (non-hydrogen) atoms. The molecule has 1 aliphatic heterocycles. The van der Waals surface area contributed by atoms with E-state index in [1.165, 1.54) is 6.34 Å². The molecule has 1 atom stereocenters. The van der Waals surface area contributed by atoms with Crippen molar-refractivity contribution < 1.29 is 10.2 Å². The van der Waals surface area contributed by atoms with Crippen LogP contribution in [0.5, 0.6) is 5.88 Å². The molecule has 0 spiro atoms. The summed E-state index contributed by atoms with van der Waals surface area (Å²) in [6.45, 7) is 4.18. The van der Waals surface area contributed by atoms with Gasteiger partial charge < -0.3 is 20.5 Å². The summed E-state index contributed by atoms with van der Waals surface area (Å²) in [5, 5.41) is 24.3. The molecule has 4 N–H and O–H groups in total. The van der Waals surface area contributed by atoms with E-state index in [1.807, 2.05) is 18.2 Å². The van der Waals surface area contributed by atoms with Crippen LogP contribution in [0.25, 0.3) is 6.08 Å². The molecule has 0 bridgehead atoms. The second-order valence-corrected chi connectivity index (χ2v) is 6.24. The monoisotopic (exact) mass is 327 g/mol. The molecule has 126 valence electrons. The predicted molar refractivity (Wildman–Crippen MR) is 93.1 cm³/mol. The van der Waals surface area contributed by atoms with Crippen molar-refractivity contribution in [2.24, 2.45) is 15.9 Å². The fourth-order valence-electron chi connectivity index (χ4n) is 2.65. The lowest BCUT2D eigenvalue weighted by atomic mass is 10.0. The number of rotatable bonds is 6. The largest absolute Gasteiger partial charge is 0.492 e. The van der Waals surface area contributed by atoms with Gasteiger partial charge in [0.15, 0.2) is 0 Å². The van der Waals surface area contributed by atoms with Gasteiger partial charge in [-0.1, -0.05) is 19.9 Å². The first kappa shape index (κ1) is 16.2. The van der Waals surface area contributed by atoms with E-state index >= 15 is 0 Å².